The molecule has 0 radical (unpaired) electrons. The number of hydrogen-bond donors (Lipinski definition) is 1. The predicted octanol–water partition coefficient (Wildman–Crippen LogP) is 1.65. The number of methoxy groups -OCH3 is 1. The molecule has 1 atom stereocenters. The van der Waals surface area contributed by atoms with Crippen molar-refractivity contribution in [3.8, 4) is 0 Å². The van der Waals surface area contributed by atoms with E-state index in [4.69, 9.17) is 4.74 Å². The fourth-order valence-electron chi connectivity index (χ4n) is 2.43. The van der Waals surface area contributed by atoms with Crippen molar-refractivity contribution in [2.24, 2.45) is 5.92 Å². The zero-order valence-corrected chi connectivity index (χ0v) is 12.3. The summed E-state index contributed by atoms with van der Waals surface area (Å²) in [5, 5.41) is 3.37. The summed E-state index contributed by atoms with van der Waals surface area (Å²) in [6.45, 7) is 6.93. The standard InChI is InChI=1S/C14H28N2O2/c1-5-14(2,18-4)13(17)16(3)11-8-12-6-9-15-10-7-12/h12,15H,5-11H2,1-4H3. The van der Waals surface area contributed by atoms with Crippen LogP contribution in [0.1, 0.15) is 39.5 Å². The summed E-state index contributed by atoms with van der Waals surface area (Å²) < 4.78 is 5.36. The number of carbonyl (C=O) groups is 1. The summed E-state index contributed by atoms with van der Waals surface area (Å²) in [4.78, 5) is 14.1. The van der Waals surface area contributed by atoms with Crippen molar-refractivity contribution >= 4 is 5.91 Å². The van der Waals surface area contributed by atoms with E-state index in [2.05, 4.69) is 5.32 Å². The molecule has 0 spiro atoms. The lowest BCUT2D eigenvalue weighted by Crippen LogP contribution is -2.47. The Morgan fingerprint density at radius 3 is 2.56 bits per heavy atom. The van der Waals surface area contributed by atoms with Crippen molar-refractivity contribution < 1.29 is 9.53 Å². The third kappa shape index (κ3) is 3.95. The molecule has 4 heteroatoms. The Morgan fingerprint density at radius 2 is 2.06 bits per heavy atom. The van der Waals surface area contributed by atoms with E-state index in [0.717, 1.165) is 32.0 Å². The largest absolute Gasteiger partial charge is 0.369 e. The van der Waals surface area contributed by atoms with Crippen LogP contribution in [-0.4, -0.2) is 50.2 Å². The quantitative estimate of drug-likeness (QED) is 0.785. The minimum absolute atomic E-state index is 0.0986. The molecule has 1 aliphatic rings. The zero-order valence-electron chi connectivity index (χ0n) is 12.3. The first-order valence-corrected chi connectivity index (χ1v) is 7.05. The first kappa shape index (κ1) is 15.4. The SMILES string of the molecule is CCC(C)(OC)C(=O)N(C)CCC1CCNCC1. The van der Waals surface area contributed by atoms with Gasteiger partial charge in [-0.15, -0.1) is 0 Å². The Kier molecular flexibility index (Phi) is 6.09. The smallest absolute Gasteiger partial charge is 0.254 e. The molecule has 0 aromatic rings. The number of nitrogens with one attached hydrogen (secondary N) is 1. The van der Waals surface area contributed by atoms with Gasteiger partial charge in [-0.25, -0.2) is 0 Å². The number of rotatable bonds is 6. The Balaban J connectivity index is 2.39. The van der Waals surface area contributed by atoms with Crippen molar-refractivity contribution in [2.45, 2.75) is 45.1 Å². The van der Waals surface area contributed by atoms with Crippen LogP contribution in [0.3, 0.4) is 0 Å². The Labute approximate surface area is 111 Å². The molecule has 0 bridgehead atoms. The number of amides is 1. The van der Waals surface area contributed by atoms with Gasteiger partial charge in [0, 0.05) is 20.7 Å². The molecule has 0 aliphatic carbocycles. The molecule has 1 rings (SSSR count). The van der Waals surface area contributed by atoms with Gasteiger partial charge in [-0.3, -0.25) is 4.79 Å². The molecule has 1 saturated heterocycles. The molecule has 0 aromatic heterocycles. The molecular weight excluding hydrogens is 228 g/mol. The van der Waals surface area contributed by atoms with Crippen LogP contribution < -0.4 is 5.32 Å². The van der Waals surface area contributed by atoms with Crippen molar-refractivity contribution in [1.82, 2.24) is 10.2 Å². The average Bonchev–Trinajstić information content (AvgIpc) is 2.44. The highest BCUT2D eigenvalue weighted by atomic mass is 16.5. The van der Waals surface area contributed by atoms with Gasteiger partial charge in [0.05, 0.1) is 0 Å². The highest BCUT2D eigenvalue weighted by molar-refractivity contribution is 5.84. The van der Waals surface area contributed by atoms with E-state index in [0.29, 0.717) is 6.42 Å². The first-order valence-electron chi connectivity index (χ1n) is 7.05. The van der Waals surface area contributed by atoms with Gasteiger partial charge in [0.15, 0.2) is 0 Å². The maximum Gasteiger partial charge on any atom is 0.254 e. The van der Waals surface area contributed by atoms with Crippen LogP contribution in [0.15, 0.2) is 0 Å². The number of ether oxygens (including phenoxy) is 1. The van der Waals surface area contributed by atoms with Crippen molar-refractivity contribution in [3.63, 3.8) is 0 Å². The minimum Gasteiger partial charge on any atom is -0.369 e. The molecule has 1 N–H and O–H groups in total. The zero-order chi connectivity index (χ0) is 13.6. The van der Waals surface area contributed by atoms with E-state index in [-0.39, 0.29) is 5.91 Å². The molecule has 1 aliphatic heterocycles. The second kappa shape index (κ2) is 7.10. The monoisotopic (exact) mass is 256 g/mol. The molecule has 18 heavy (non-hydrogen) atoms. The predicted molar refractivity (Wildman–Crippen MR) is 73.6 cm³/mol. The summed E-state index contributed by atoms with van der Waals surface area (Å²) in [7, 11) is 3.50. The fourth-order valence-corrected chi connectivity index (χ4v) is 2.43. The van der Waals surface area contributed by atoms with Gasteiger partial charge in [0.2, 0.25) is 0 Å². The van der Waals surface area contributed by atoms with Crippen molar-refractivity contribution in [3.05, 3.63) is 0 Å². The number of hydrogen-bond acceptors (Lipinski definition) is 3. The van der Waals surface area contributed by atoms with E-state index in [1.807, 2.05) is 25.8 Å². The van der Waals surface area contributed by atoms with E-state index >= 15 is 0 Å². The topological polar surface area (TPSA) is 41.6 Å². The highest BCUT2D eigenvalue weighted by Gasteiger charge is 2.33. The summed E-state index contributed by atoms with van der Waals surface area (Å²) >= 11 is 0. The molecule has 1 heterocycles. The highest BCUT2D eigenvalue weighted by Crippen LogP contribution is 2.20. The van der Waals surface area contributed by atoms with Crippen LogP contribution >= 0.6 is 0 Å². The van der Waals surface area contributed by atoms with Gasteiger partial charge in [0.25, 0.3) is 5.91 Å². The van der Waals surface area contributed by atoms with Crippen LogP contribution in [0, 0.1) is 5.92 Å². The van der Waals surface area contributed by atoms with Crippen LogP contribution in [0.25, 0.3) is 0 Å². The lowest BCUT2D eigenvalue weighted by molar-refractivity contribution is -0.152. The number of carbonyl (C=O) groups excluding carboxylic acids is 1. The molecule has 0 saturated carbocycles. The summed E-state index contributed by atoms with van der Waals surface area (Å²) in [6.07, 6.45) is 4.28. The molecule has 1 unspecified atom stereocenters. The van der Waals surface area contributed by atoms with Gasteiger partial charge < -0.3 is 15.0 Å². The van der Waals surface area contributed by atoms with Gasteiger partial charge in [-0.1, -0.05) is 6.92 Å². The number of nitrogens with zero attached hydrogens (tertiary/aromatic N) is 1. The lowest BCUT2D eigenvalue weighted by Gasteiger charge is -2.32. The fraction of sp³-hybridized carbons (Fsp3) is 0.929. The van der Waals surface area contributed by atoms with Crippen LogP contribution in [-0.2, 0) is 9.53 Å². The molecule has 1 fully saturated rings. The van der Waals surface area contributed by atoms with Crippen molar-refractivity contribution in [1.29, 1.82) is 0 Å². The molecule has 1 amide bonds. The van der Waals surface area contributed by atoms with Gasteiger partial charge >= 0.3 is 0 Å². The Hall–Kier alpha value is -0.610. The van der Waals surface area contributed by atoms with Gasteiger partial charge in [-0.05, 0) is 51.6 Å². The molecule has 0 aromatic carbocycles. The third-order valence-electron chi connectivity index (χ3n) is 4.26. The second-order valence-electron chi connectivity index (χ2n) is 5.50. The molecular formula is C14H28N2O2. The summed E-state index contributed by atoms with van der Waals surface area (Å²) in [5.41, 5.74) is -0.664. The van der Waals surface area contributed by atoms with Gasteiger partial charge in [0.1, 0.15) is 5.60 Å². The maximum atomic E-state index is 12.3. The molecule has 4 nitrogen and oxygen atoms in total. The Morgan fingerprint density at radius 1 is 1.44 bits per heavy atom. The van der Waals surface area contributed by atoms with Crippen LogP contribution in [0.4, 0.5) is 0 Å². The van der Waals surface area contributed by atoms with Crippen LogP contribution in [0.5, 0.6) is 0 Å². The van der Waals surface area contributed by atoms with Crippen molar-refractivity contribution in [2.75, 3.05) is 33.8 Å². The summed E-state index contributed by atoms with van der Waals surface area (Å²) in [6, 6.07) is 0. The summed E-state index contributed by atoms with van der Waals surface area (Å²) in [5.74, 6) is 0.860. The molecule has 106 valence electrons. The maximum absolute atomic E-state index is 12.3. The number of likely N-dealkylation sites (N-methyl/N-ethyl adjacent to an activating group) is 1. The minimum atomic E-state index is -0.664. The normalized spacial score (nSPS) is 20.4. The lowest BCUT2D eigenvalue weighted by atomic mass is 9.94. The van der Waals surface area contributed by atoms with Gasteiger partial charge in [-0.2, -0.15) is 0 Å². The van der Waals surface area contributed by atoms with E-state index in [1.165, 1.54) is 12.8 Å². The van der Waals surface area contributed by atoms with E-state index in [9.17, 15) is 4.79 Å². The average molecular weight is 256 g/mol. The number of piperidine rings is 1. The Bertz CT molecular complexity index is 259. The second-order valence-corrected chi connectivity index (χ2v) is 5.50. The van der Waals surface area contributed by atoms with E-state index < -0.39 is 5.60 Å². The van der Waals surface area contributed by atoms with Crippen LogP contribution in [0.2, 0.25) is 0 Å². The first-order chi connectivity index (χ1) is 8.53. The third-order valence-corrected chi connectivity index (χ3v) is 4.26. The van der Waals surface area contributed by atoms with E-state index in [1.54, 1.807) is 7.11 Å².